The van der Waals surface area contributed by atoms with Crippen molar-refractivity contribution in [2.75, 3.05) is 0 Å². The molecule has 0 spiro atoms. The second-order valence-corrected chi connectivity index (χ2v) is 7.97. The number of hydrogen-bond donors (Lipinski definition) is 0. The number of halogens is 5. The van der Waals surface area contributed by atoms with Crippen molar-refractivity contribution < 1.29 is 8.78 Å². The number of fused-ring (bicyclic) bond motifs is 1. The van der Waals surface area contributed by atoms with E-state index in [0.29, 0.717) is 5.82 Å². The lowest BCUT2D eigenvalue weighted by molar-refractivity contribution is 0.510. The van der Waals surface area contributed by atoms with Gasteiger partial charge in [0.1, 0.15) is 5.15 Å². The van der Waals surface area contributed by atoms with Crippen LogP contribution in [0.4, 0.5) is 8.78 Å². The smallest absolute Gasteiger partial charge is 0.163 e. The van der Waals surface area contributed by atoms with Gasteiger partial charge in [-0.15, -0.1) is 11.3 Å². The third-order valence-corrected chi connectivity index (χ3v) is 5.22. The predicted octanol–water partition coefficient (Wildman–Crippen LogP) is 5.81. The molecule has 0 aliphatic rings. The van der Waals surface area contributed by atoms with E-state index in [0.717, 1.165) is 25.3 Å². The molecule has 102 valence electrons. The lowest BCUT2D eigenvalue weighted by Gasteiger charge is -2.04. The molecule has 0 unspecified atom stereocenters. The van der Waals surface area contributed by atoms with Crippen molar-refractivity contribution in [1.82, 2.24) is 9.97 Å². The van der Waals surface area contributed by atoms with Crippen LogP contribution in [0, 0.1) is 11.6 Å². The van der Waals surface area contributed by atoms with Crippen molar-refractivity contribution in [3.63, 3.8) is 0 Å². The maximum Gasteiger partial charge on any atom is 0.163 e. The van der Waals surface area contributed by atoms with Gasteiger partial charge in [-0.3, -0.25) is 0 Å². The highest BCUT2D eigenvalue weighted by molar-refractivity contribution is 9.12. The number of benzene rings is 1. The SMILES string of the molecule is Fc1cc2nc(-c3cc(Br)sc3Br)nc(Cl)c2cc1F. The van der Waals surface area contributed by atoms with Crippen LogP contribution in [0.1, 0.15) is 0 Å². The first-order valence-electron chi connectivity index (χ1n) is 5.23. The van der Waals surface area contributed by atoms with Gasteiger partial charge in [0.15, 0.2) is 17.5 Å². The molecule has 0 saturated carbocycles. The van der Waals surface area contributed by atoms with Gasteiger partial charge in [0, 0.05) is 17.0 Å². The van der Waals surface area contributed by atoms with E-state index in [-0.39, 0.29) is 16.1 Å². The van der Waals surface area contributed by atoms with E-state index >= 15 is 0 Å². The highest BCUT2D eigenvalue weighted by atomic mass is 79.9. The van der Waals surface area contributed by atoms with E-state index in [1.165, 1.54) is 11.3 Å². The molecule has 0 bridgehead atoms. The van der Waals surface area contributed by atoms with E-state index in [4.69, 9.17) is 11.6 Å². The Balaban J connectivity index is 2.29. The van der Waals surface area contributed by atoms with Crippen LogP contribution >= 0.6 is 54.8 Å². The lowest BCUT2D eigenvalue weighted by Crippen LogP contribution is -1.94. The van der Waals surface area contributed by atoms with E-state index in [1.807, 2.05) is 6.07 Å². The molecule has 3 rings (SSSR count). The molecule has 2 heterocycles. The molecule has 0 radical (unpaired) electrons. The first kappa shape index (κ1) is 14.3. The van der Waals surface area contributed by atoms with Gasteiger partial charge in [0.25, 0.3) is 0 Å². The van der Waals surface area contributed by atoms with E-state index in [2.05, 4.69) is 41.8 Å². The number of thiophene rings is 1. The Kier molecular flexibility index (Phi) is 3.79. The van der Waals surface area contributed by atoms with Gasteiger partial charge in [0.05, 0.1) is 13.1 Å². The second kappa shape index (κ2) is 5.29. The largest absolute Gasteiger partial charge is 0.228 e. The van der Waals surface area contributed by atoms with Crippen LogP contribution in [0.25, 0.3) is 22.3 Å². The van der Waals surface area contributed by atoms with Gasteiger partial charge in [-0.05, 0) is 44.0 Å². The number of aromatic nitrogens is 2. The summed E-state index contributed by atoms with van der Waals surface area (Å²) in [7, 11) is 0. The molecule has 0 aliphatic heterocycles. The van der Waals surface area contributed by atoms with Crippen LogP contribution in [-0.4, -0.2) is 9.97 Å². The van der Waals surface area contributed by atoms with Gasteiger partial charge in [-0.1, -0.05) is 11.6 Å². The third-order valence-electron chi connectivity index (χ3n) is 2.59. The monoisotopic (exact) mass is 438 g/mol. The maximum absolute atomic E-state index is 13.3. The molecule has 0 saturated heterocycles. The molecule has 2 nitrogen and oxygen atoms in total. The molecule has 0 atom stereocenters. The summed E-state index contributed by atoms with van der Waals surface area (Å²) in [5, 5.41) is 0.359. The zero-order valence-electron chi connectivity index (χ0n) is 9.42. The quantitative estimate of drug-likeness (QED) is 0.446. The van der Waals surface area contributed by atoms with Crippen LogP contribution < -0.4 is 0 Å². The number of hydrogen-bond acceptors (Lipinski definition) is 3. The average Bonchev–Trinajstić information content (AvgIpc) is 2.71. The Morgan fingerprint density at radius 2 is 1.75 bits per heavy atom. The zero-order chi connectivity index (χ0) is 14.4. The topological polar surface area (TPSA) is 25.8 Å². The zero-order valence-corrected chi connectivity index (χ0v) is 14.2. The van der Waals surface area contributed by atoms with Gasteiger partial charge < -0.3 is 0 Å². The number of nitrogens with zero attached hydrogens (tertiary/aromatic N) is 2. The van der Waals surface area contributed by atoms with E-state index in [9.17, 15) is 8.78 Å². The molecule has 0 N–H and O–H groups in total. The van der Waals surface area contributed by atoms with Crippen molar-refractivity contribution in [2.45, 2.75) is 0 Å². The highest BCUT2D eigenvalue weighted by Crippen LogP contribution is 2.38. The summed E-state index contributed by atoms with van der Waals surface area (Å²) >= 11 is 14.2. The van der Waals surface area contributed by atoms with Crippen LogP contribution in [0.3, 0.4) is 0 Å². The molecule has 2 aromatic heterocycles. The fourth-order valence-electron chi connectivity index (χ4n) is 1.70. The highest BCUT2D eigenvalue weighted by Gasteiger charge is 2.15. The Morgan fingerprint density at radius 1 is 1.05 bits per heavy atom. The van der Waals surface area contributed by atoms with Crippen molar-refractivity contribution in [3.05, 3.63) is 42.6 Å². The van der Waals surface area contributed by atoms with Crippen LogP contribution in [0.15, 0.2) is 25.8 Å². The standard InChI is InChI=1S/C12H3Br2ClF2N2S/c13-9-2-5(10(14)20-9)12-18-8-3-7(17)6(16)1-4(8)11(15)19-12/h1-3H. The maximum atomic E-state index is 13.3. The summed E-state index contributed by atoms with van der Waals surface area (Å²) < 4.78 is 28.2. The Morgan fingerprint density at radius 3 is 2.40 bits per heavy atom. The minimum Gasteiger partial charge on any atom is -0.228 e. The average molecular weight is 440 g/mol. The molecule has 1 aromatic carbocycles. The van der Waals surface area contributed by atoms with Crippen LogP contribution in [0.2, 0.25) is 5.15 Å². The summed E-state index contributed by atoms with van der Waals surface area (Å²) in [6.07, 6.45) is 0. The molecule has 0 amide bonds. The minimum absolute atomic E-state index is 0.0816. The van der Waals surface area contributed by atoms with Crippen molar-refractivity contribution >= 4 is 65.7 Å². The fourth-order valence-corrected chi connectivity index (χ4v) is 4.72. The van der Waals surface area contributed by atoms with Gasteiger partial charge in [0.2, 0.25) is 0 Å². The first-order valence-corrected chi connectivity index (χ1v) is 8.01. The summed E-state index contributed by atoms with van der Waals surface area (Å²) in [4.78, 5) is 8.37. The molecular formula is C12H3Br2ClF2N2S. The van der Waals surface area contributed by atoms with E-state index < -0.39 is 11.6 Å². The van der Waals surface area contributed by atoms with Crippen LogP contribution in [-0.2, 0) is 0 Å². The predicted molar refractivity (Wildman–Crippen MR) is 83.2 cm³/mol. The van der Waals surface area contributed by atoms with Crippen molar-refractivity contribution in [2.24, 2.45) is 0 Å². The normalized spacial score (nSPS) is 11.2. The molecule has 8 heteroatoms. The minimum atomic E-state index is -0.977. The van der Waals surface area contributed by atoms with E-state index in [1.54, 1.807) is 0 Å². The molecule has 0 fully saturated rings. The Labute approximate surface area is 138 Å². The van der Waals surface area contributed by atoms with Gasteiger partial charge in [-0.25, -0.2) is 18.7 Å². The molecular weight excluding hydrogens is 437 g/mol. The van der Waals surface area contributed by atoms with Gasteiger partial charge in [-0.2, -0.15) is 0 Å². The molecule has 0 aliphatic carbocycles. The number of rotatable bonds is 1. The fraction of sp³-hybridized carbons (Fsp3) is 0. The summed E-state index contributed by atoms with van der Waals surface area (Å²) in [5.41, 5.74) is 0.989. The van der Waals surface area contributed by atoms with Gasteiger partial charge >= 0.3 is 0 Å². The van der Waals surface area contributed by atoms with Crippen molar-refractivity contribution in [1.29, 1.82) is 0 Å². The summed E-state index contributed by atoms with van der Waals surface area (Å²) in [5.74, 6) is -1.60. The van der Waals surface area contributed by atoms with Crippen LogP contribution in [0.5, 0.6) is 0 Å². The lowest BCUT2D eigenvalue weighted by atomic mass is 10.2. The third kappa shape index (κ3) is 2.47. The van der Waals surface area contributed by atoms with Crippen molar-refractivity contribution in [3.8, 4) is 11.4 Å². The Bertz CT molecular complexity index is 838. The first-order chi connectivity index (χ1) is 9.45. The molecule has 3 aromatic rings. The second-order valence-electron chi connectivity index (χ2n) is 3.86. The molecule has 20 heavy (non-hydrogen) atoms. The summed E-state index contributed by atoms with van der Waals surface area (Å²) in [6, 6.07) is 3.83. The summed E-state index contributed by atoms with van der Waals surface area (Å²) in [6.45, 7) is 0. The Hall–Kier alpha value is -0.630.